The van der Waals surface area contributed by atoms with E-state index in [0.717, 1.165) is 66.6 Å². The van der Waals surface area contributed by atoms with Crippen LogP contribution in [0.2, 0.25) is 0 Å². The van der Waals surface area contributed by atoms with Gasteiger partial charge in [-0.3, -0.25) is 43.6 Å². The summed E-state index contributed by atoms with van der Waals surface area (Å²) in [4.78, 5) is 98.1. The van der Waals surface area contributed by atoms with Crippen molar-refractivity contribution in [2.24, 2.45) is 18.9 Å². The normalized spacial score (nSPS) is 21.5. The summed E-state index contributed by atoms with van der Waals surface area (Å²) in [6.45, 7) is 12.5. The van der Waals surface area contributed by atoms with E-state index >= 15 is 0 Å². The molecule has 0 N–H and O–H groups in total. The number of hydrogen-bond acceptors (Lipinski definition) is 16. The Labute approximate surface area is 446 Å². The average Bonchev–Trinajstić information content (AvgIpc) is 4.25. The number of thiocarbonyl (C=S) groups is 5. The van der Waals surface area contributed by atoms with Crippen LogP contribution in [0.4, 0.5) is 9.59 Å². The smallest absolute Gasteiger partial charge is 0.326 e. The lowest BCUT2D eigenvalue weighted by Gasteiger charge is -2.28. The maximum Gasteiger partial charge on any atom is 0.326 e. The predicted octanol–water partition coefficient (Wildman–Crippen LogP) is 3.39. The first-order chi connectivity index (χ1) is 32.9. The SMILES string of the molecule is CCN1CC(=O)N(C)C1=O.CCN1CC(=O)N(C)C1=O.CCN1CC(=O)N(C)C1=S.CCN1CC(=S)N(C)C1=S.CN1C(=O)C=C2SCCC2C1=O.CN1C(=S)C=C2SCCC2C1=S.Cn1cnnc1. The molecule has 0 radical (unpaired) electrons. The zero-order valence-electron chi connectivity index (χ0n) is 41.5. The zero-order chi connectivity index (χ0) is 52.7. The largest absolute Gasteiger partial charge is 0.342 e. The van der Waals surface area contributed by atoms with Gasteiger partial charge in [0.15, 0.2) is 10.2 Å². The second-order valence-electron chi connectivity index (χ2n) is 16.1. The van der Waals surface area contributed by atoms with Gasteiger partial charge in [0, 0.05) is 92.4 Å². The molecule has 27 heteroatoms. The number of aryl methyl sites for hydroxylation is 1. The molecule has 1 aromatic rings. The third-order valence-corrected chi connectivity index (χ3v) is 16.3. The van der Waals surface area contributed by atoms with Gasteiger partial charge in [-0.05, 0) is 87.5 Å². The summed E-state index contributed by atoms with van der Waals surface area (Å²) in [6.07, 6.45) is 9.02. The number of aromatic nitrogens is 3. The van der Waals surface area contributed by atoms with Crippen molar-refractivity contribution < 1.29 is 33.6 Å². The molecule has 1 aromatic heterocycles. The predicted molar refractivity (Wildman–Crippen MR) is 293 cm³/mol. The molecule has 0 bridgehead atoms. The van der Waals surface area contributed by atoms with Gasteiger partial charge >= 0.3 is 12.1 Å². The Morgan fingerprint density at radius 3 is 1.26 bits per heavy atom. The molecular formula is C43H63N13O7S7. The Kier molecular flexibility index (Phi) is 23.8. The third kappa shape index (κ3) is 15.5. The van der Waals surface area contributed by atoms with E-state index in [9.17, 15) is 33.6 Å². The van der Waals surface area contributed by atoms with Gasteiger partial charge in [0.1, 0.15) is 35.7 Å². The summed E-state index contributed by atoms with van der Waals surface area (Å²) in [5, 5.41) is 8.57. The minimum absolute atomic E-state index is 0.0160. The van der Waals surface area contributed by atoms with Crippen LogP contribution < -0.4 is 0 Å². The second-order valence-corrected chi connectivity index (χ2v) is 20.4. The molecule has 0 aromatic carbocycles. The highest BCUT2D eigenvalue weighted by atomic mass is 32.2. The van der Waals surface area contributed by atoms with Crippen LogP contribution in [-0.2, 0) is 31.0 Å². The van der Waals surface area contributed by atoms with Gasteiger partial charge in [-0.1, -0.05) is 36.7 Å². The fourth-order valence-corrected chi connectivity index (χ4v) is 10.9. The van der Waals surface area contributed by atoms with E-state index in [1.54, 1.807) is 49.2 Å². The van der Waals surface area contributed by atoms with Crippen molar-refractivity contribution in [1.82, 2.24) is 63.8 Å². The van der Waals surface area contributed by atoms with Crippen molar-refractivity contribution in [3.05, 3.63) is 34.6 Å². The number of urea groups is 2. The molecule has 8 aliphatic rings. The molecule has 6 fully saturated rings. The standard InChI is InChI=1S/C8H9NO2S.C8H9NS3.2C6H10N2O2.C6H10N2OS.C6H10N2S2.C3H5N3/c2*1-9-7(10)4-6-5(8(9)11)2-3-12-6;4*1-3-8-4-5(9)7(2)6(8)10;1-6-2-4-5-3-6/h2*4-5H,2-3H2,1H3;4*3-4H2,1-2H3;2-3H,1H3. The fraction of sp³-hybridized carbons (Fsp3) is 0.581. The molecule has 70 heavy (non-hydrogen) atoms. The number of thioether (sulfide) groups is 2. The second kappa shape index (κ2) is 27.9. The summed E-state index contributed by atoms with van der Waals surface area (Å²) >= 11 is 29.2. The van der Waals surface area contributed by atoms with Crippen LogP contribution >= 0.6 is 84.6 Å². The minimum atomic E-state index is -0.187. The van der Waals surface area contributed by atoms with Crippen LogP contribution in [0.25, 0.3) is 0 Å². The van der Waals surface area contributed by atoms with Crippen molar-refractivity contribution >= 4 is 151 Å². The van der Waals surface area contributed by atoms with E-state index in [0.29, 0.717) is 30.7 Å². The Morgan fingerprint density at radius 1 is 0.514 bits per heavy atom. The first-order valence-electron chi connectivity index (χ1n) is 22.3. The quantitative estimate of drug-likeness (QED) is 0.243. The summed E-state index contributed by atoms with van der Waals surface area (Å²) in [6, 6.07) is -0.375. The van der Waals surface area contributed by atoms with Gasteiger partial charge in [-0.15, -0.1) is 33.7 Å². The van der Waals surface area contributed by atoms with Crippen molar-refractivity contribution in [3.63, 3.8) is 0 Å². The molecule has 8 aliphatic heterocycles. The Balaban J connectivity index is 0.000000218. The summed E-state index contributed by atoms with van der Waals surface area (Å²) in [5.74, 6) is 2.25. The average molecular weight is 1100 g/mol. The van der Waals surface area contributed by atoms with Crippen molar-refractivity contribution in [2.75, 3.05) is 106 Å². The first-order valence-corrected chi connectivity index (χ1v) is 26.3. The monoisotopic (exact) mass is 1100 g/mol. The van der Waals surface area contributed by atoms with E-state index in [1.807, 2.05) is 68.4 Å². The minimum Gasteiger partial charge on any atom is -0.342 e. The number of hydrogen-bond donors (Lipinski definition) is 0. The number of imide groups is 3. The molecule has 9 rings (SSSR count). The van der Waals surface area contributed by atoms with Gasteiger partial charge < -0.3 is 34.0 Å². The van der Waals surface area contributed by atoms with E-state index in [4.69, 9.17) is 61.1 Å². The molecule has 0 spiro atoms. The van der Waals surface area contributed by atoms with Crippen LogP contribution in [0.3, 0.4) is 0 Å². The van der Waals surface area contributed by atoms with Gasteiger partial charge in [0.05, 0.1) is 24.0 Å². The molecule has 0 aliphatic carbocycles. The Morgan fingerprint density at radius 2 is 0.929 bits per heavy atom. The Hall–Kier alpha value is -4.54. The molecule has 20 nitrogen and oxygen atoms in total. The molecule has 0 saturated carbocycles. The molecule has 9 heterocycles. The number of fused-ring (bicyclic) bond motifs is 2. The zero-order valence-corrected chi connectivity index (χ0v) is 47.2. The van der Waals surface area contributed by atoms with E-state index in [2.05, 4.69) is 28.1 Å². The number of carbonyl (C=O) groups is 7. The number of amides is 9. The highest BCUT2D eigenvalue weighted by molar-refractivity contribution is 8.03. The van der Waals surface area contributed by atoms with Crippen molar-refractivity contribution in [3.8, 4) is 0 Å². The number of rotatable bonds is 4. The van der Waals surface area contributed by atoms with E-state index in [1.165, 1.54) is 50.8 Å². The van der Waals surface area contributed by atoms with Gasteiger partial charge in [-0.25, -0.2) is 9.59 Å². The number of likely N-dealkylation sites (N-methyl/N-ethyl adjacent to an activating group) is 10. The highest BCUT2D eigenvalue weighted by Crippen LogP contribution is 2.40. The molecule has 2 atom stereocenters. The van der Waals surface area contributed by atoms with E-state index < -0.39 is 0 Å². The van der Waals surface area contributed by atoms with Gasteiger partial charge in [-0.2, -0.15) is 0 Å². The summed E-state index contributed by atoms with van der Waals surface area (Å²) in [5.41, 5.74) is 0. The topological polar surface area (TPSA) is 183 Å². The lowest BCUT2D eigenvalue weighted by Crippen LogP contribution is -2.39. The van der Waals surface area contributed by atoms with Crippen LogP contribution in [0, 0.1) is 11.8 Å². The first kappa shape index (κ1) is 59.8. The molecule has 6 saturated heterocycles. The fourth-order valence-electron chi connectivity index (χ4n) is 6.84. The number of carbonyl (C=O) groups excluding carboxylic acids is 7. The molecule has 9 amide bonds. The van der Waals surface area contributed by atoms with Gasteiger partial charge in [0.25, 0.3) is 5.91 Å². The highest BCUT2D eigenvalue weighted by Gasteiger charge is 2.37. The van der Waals surface area contributed by atoms with Crippen LogP contribution in [0.5, 0.6) is 0 Å². The molecular weight excluding hydrogens is 1040 g/mol. The summed E-state index contributed by atoms with van der Waals surface area (Å²) in [7, 11) is 12.0. The number of nitrogens with zero attached hydrogens (tertiary/aromatic N) is 13. The van der Waals surface area contributed by atoms with Crippen LogP contribution in [0.1, 0.15) is 40.5 Å². The van der Waals surface area contributed by atoms with Crippen molar-refractivity contribution in [2.45, 2.75) is 40.5 Å². The van der Waals surface area contributed by atoms with Crippen LogP contribution in [0.15, 0.2) is 34.6 Å². The summed E-state index contributed by atoms with van der Waals surface area (Å²) < 4.78 is 1.78. The third-order valence-electron chi connectivity index (χ3n) is 11.6. The van der Waals surface area contributed by atoms with E-state index in [-0.39, 0.29) is 60.6 Å². The van der Waals surface area contributed by atoms with Crippen LogP contribution in [-0.4, -0.2) is 237 Å². The Bertz CT molecular complexity index is 2040. The molecule has 2 unspecified atom stereocenters. The maximum absolute atomic E-state index is 11.5. The lowest BCUT2D eigenvalue weighted by atomic mass is 10.0. The lowest BCUT2D eigenvalue weighted by molar-refractivity contribution is -0.143. The molecule has 384 valence electrons. The maximum atomic E-state index is 11.5. The van der Waals surface area contributed by atoms with Gasteiger partial charge in [0.2, 0.25) is 23.6 Å². The van der Waals surface area contributed by atoms with Crippen molar-refractivity contribution in [1.29, 1.82) is 0 Å².